The molecule has 0 atom stereocenters. The minimum absolute atomic E-state index is 0.0950. The highest BCUT2D eigenvalue weighted by atomic mass is 15.5. The summed E-state index contributed by atoms with van der Waals surface area (Å²) in [4.78, 5) is 0. The van der Waals surface area contributed by atoms with Gasteiger partial charge in [0, 0.05) is 11.5 Å². The SMILES string of the molecule is [N]N(C(=N)Nc1ccccc1)c1ccccc1. The zero-order valence-corrected chi connectivity index (χ0v) is 9.17. The Kier molecular flexibility index (Phi) is 3.37. The highest BCUT2D eigenvalue weighted by Crippen LogP contribution is 2.12. The number of guanidine groups is 1. The Hall–Kier alpha value is -2.33. The van der Waals surface area contributed by atoms with Crippen LogP contribution in [0.15, 0.2) is 60.7 Å². The molecule has 0 bridgehead atoms. The Balaban J connectivity index is 2.06. The van der Waals surface area contributed by atoms with E-state index in [2.05, 4.69) is 5.32 Å². The van der Waals surface area contributed by atoms with Crippen molar-refractivity contribution >= 4 is 17.3 Å². The average Bonchev–Trinajstić information content (AvgIpc) is 2.40. The summed E-state index contributed by atoms with van der Waals surface area (Å²) in [6.45, 7) is 0. The number of rotatable bonds is 2. The highest BCUT2D eigenvalue weighted by molar-refractivity contribution is 6.02. The van der Waals surface area contributed by atoms with E-state index in [4.69, 9.17) is 5.41 Å². The van der Waals surface area contributed by atoms with E-state index in [1.807, 2.05) is 36.4 Å². The number of anilines is 2. The van der Waals surface area contributed by atoms with Gasteiger partial charge in [0.2, 0.25) is 5.96 Å². The summed E-state index contributed by atoms with van der Waals surface area (Å²) in [7, 11) is 0. The van der Waals surface area contributed by atoms with E-state index in [-0.39, 0.29) is 5.96 Å². The van der Waals surface area contributed by atoms with Crippen LogP contribution in [0.2, 0.25) is 0 Å². The van der Waals surface area contributed by atoms with Gasteiger partial charge in [-0.1, -0.05) is 36.4 Å². The summed E-state index contributed by atoms with van der Waals surface area (Å²) in [5.74, 6) is 9.70. The molecular weight excluding hydrogens is 212 g/mol. The molecule has 2 rings (SSSR count). The average molecular weight is 224 g/mol. The molecule has 0 saturated heterocycles. The predicted molar refractivity (Wildman–Crippen MR) is 68.8 cm³/mol. The quantitative estimate of drug-likeness (QED) is 0.468. The molecule has 0 aromatic heterocycles. The van der Waals surface area contributed by atoms with Crippen LogP contribution in [0.25, 0.3) is 0 Å². The molecule has 0 aliphatic carbocycles. The monoisotopic (exact) mass is 224 g/mol. The van der Waals surface area contributed by atoms with Crippen LogP contribution in [-0.2, 0) is 0 Å². The standard InChI is InChI=1S/C13H12N4/c14-13(16-11-7-3-1-4-8-11)17(15)12-9-5-2-6-10-12/h1-10H,(H2,14,16). The van der Waals surface area contributed by atoms with E-state index in [1.165, 1.54) is 0 Å². The lowest BCUT2D eigenvalue weighted by atomic mass is 10.3. The van der Waals surface area contributed by atoms with Gasteiger partial charge in [0.1, 0.15) is 0 Å². The fourth-order valence-electron chi connectivity index (χ4n) is 1.41. The number of hydrogen-bond acceptors (Lipinski definition) is 1. The minimum atomic E-state index is -0.0950. The van der Waals surface area contributed by atoms with Crippen LogP contribution in [0.4, 0.5) is 11.4 Å². The number of para-hydroxylation sites is 2. The molecule has 17 heavy (non-hydrogen) atoms. The van der Waals surface area contributed by atoms with Crippen LogP contribution < -0.4 is 16.2 Å². The maximum absolute atomic E-state index is 9.80. The Morgan fingerprint density at radius 2 is 1.47 bits per heavy atom. The molecule has 2 radical (unpaired) electrons. The smallest absolute Gasteiger partial charge is 0.217 e. The van der Waals surface area contributed by atoms with Crippen molar-refractivity contribution in [2.75, 3.05) is 10.3 Å². The van der Waals surface area contributed by atoms with Crippen LogP contribution in [0.3, 0.4) is 0 Å². The summed E-state index contributed by atoms with van der Waals surface area (Å²) in [5.41, 5.74) is 1.30. The van der Waals surface area contributed by atoms with Gasteiger partial charge in [0.15, 0.2) is 0 Å². The molecule has 0 aliphatic heterocycles. The number of hydrogen-bond donors (Lipinski definition) is 2. The lowest BCUT2D eigenvalue weighted by molar-refractivity contribution is 1.06. The Labute approximate surface area is 100 Å². The summed E-state index contributed by atoms with van der Waals surface area (Å²) < 4.78 is 0. The van der Waals surface area contributed by atoms with Gasteiger partial charge >= 0.3 is 0 Å². The van der Waals surface area contributed by atoms with Crippen molar-refractivity contribution in [1.82, 2.24) is 5.84 Å². The second kappa shape index (κ2) is 5.14. The van der Waals surface area contributed by atoms with Crippen molar-refractivity contribution in [2.45, 2.75) is 0 Å². The molecule has 0 amide bonds. The fourth-order valence-corrected chi connectivity index (χ4v) is 1.41. The lowest BCUT2D eigenvalue weighted by Crippen LogP contribution is -2.34. The predicted octanol–water partition coefficient (Wildman–Crippen LogP) is 2.52. The van der Waals surface area contributed by atoms with Crippen molar-refractivity contribution in [2.24, 2.45) is 0 Å². The van der Waals surface area contributed by atoms with Gasteiger partial charge in [-0.25, -0.2) is 5.01 Å². The molecule has 2 aromatic carbocycles. The molecule has 4 heteroatoms. The van der Waals surface area contributed by atoms with Crippen molar-refractivity contribution < 1.29 is 0 Å². The first-order valence-electron chi connectivity index (χ1n) is 5.22. The lowest BCUT2D eigenvalue weighted by Gasteiger charge is -2.17. The van der Waals surface area contributed by atoms with E-state index in [9.17, 15) is 5.84 Å². The van der Waals surface area contributed by atoms with Gasteiger partial charge in [-0.15, -0.1) is 0 Å². The third-order valence-corrected chi connectivity index (χ3v) is 2.25. The first-order valence-corrected chi connectivity index (χ1v) is 5.22. The molecule has 2 aromatic rings. The van der Waals surface area contributed by atoms with E-state index >= 15 is 0 Å². The number of nitrogens with one attached hydrogen (secondary N) is 2. The molecule has 0 spiro atoms. The van der Waals surface area contributed by atoms with E-state index in [1.54, 1.807) is 24.3 Å². The van der Waals surface area contributed by atoms with Crippen LogP contribution in [0.5, 0.6) is 0 Å². The largest absolute Gasteiger partial charge is 0.325 e. The number of benzene rings is 2. The van der Waals surface area contributed by atoms with E-state index < -0.39 is 0 Å². The molecule has 2 N–H and O–H groups in total. The highest BCUT2D eigenvalue weighted by Gasteiger charge is 2.09. The maximum atomic E-state index is 9.80. The zero-order chi connectivity index (χ0) is 12.1. The van der Waals surface area contributed by atoms with Crippen LogP contribution in [-0.4, -0.2) is 5.96 Å². The van der Waals surface area contributed by atoms with Crippen LogP contribution in [0.1, 0.15) is 0 Å². The van der Waals surface area contributed by atoms with E-state index in [0.717, 1.165) is 10.7 Å². The molecule has 0 fully saturated rings. The zero-order valence-electron chi connectivity index (χ0n) is 9.17. The van der Waals surface area contributed by atoms with E-state index in [0.29, 0.717) is 5.69 Å². The normalized spacial score (nSPS) is 9.71. The number of nitrogens with zero attached hydrogens (tertiary/aromatic N) is 2. The van der Waals surface area contributed by atoms with Crippen molar-refractivity contribution in [1.29, 1.82) is 5.41 Å². The second-order valence-corrected chi connectivity index (χ2v) is 3.49. The third kappa shape index (κ3) is 2.83. The Morgan fingerprint density at radius 3 is 2.06 bits per heavy atom. The summed E-state index contributed by atoms with van der Waals surface area (Å²) in [6, 6.07) is 18.2. The Bertz CT molecular complexity index is 481. The first-order chi connectivity index (χ1) is 8.27. The minimum Gasteiger partial charge on any atom is -0.325 e. The molecule has 0 unspecified atom stereocenters. The topological polar surface area (TPSA) is 61.4 Å². The fraction of sp³-hybridized carbons (Fsp3) is 0. The van der Waals surface area contributed by atoms with Gasteiger partial charge in [0.05, 0.1) is 5.69 Å². The van der Waals surface area contributed by atoms with Gasteiger partial charge in [0.25, 0.3) is 0 Å². The molecule has 0 heterocycles. The molecular formula is C13H12N4. The summed E-state index contributed by atoms with van der Waals surface area (Å²) in [6.07, 6.45) is 0. The second-order valence-electron chi connectivity index (χ2n) is 3.49. The first kappa shape index (κ1) is 11.2. The third-order valence-electron chi connectivity index (χ3n) is 2.25. The molecule has 4 nitrogen and oxygen atoms in total. The van der Waals surface area contributed by atoms with Gasteiger partial charge in [-0.3, -0.25) is 5.41 Å². The molecule has 0 saturated carbocycles. The van der Waals surface area contributed by atoms with Crippen molar-refractivity contribution in [3.8, 4) is 0 Å². The van der Waals surface area contributed by atoms with Gasteiger partial charge in [-0.2, -0.15) is 0 Å². The Morgan fingerprint density at radius 1 is 0.941 bits per heavy atom. The van der Waals surface area contributed by atoms with Gasteiger partial charge in [-0.05, 0) is 24.3 Å². The maximum Gasteiger partial charge on any atom is 0.217 e. The molecule has 84 valence electrons. The van der Waals surface area contributed by atoms with Crippen LogP contribution in [0, 0.1) is 5.41 Å². The van der Waals surface area contributed by atoms with Crippen LogP contribution >= 0.6 is 0 Å². The van der Waals surface area contributed by atoms with Gasteiger partial charge < -0.3 is 5.32 Å². The van der Waals surface area contributed by atoms with Crippen molar-refractivity contribution in [3.63, 3.8) is 0 Å². The molecule has 0 aliphatic rings. The van der Waals surface area contributed by atoms with Crippen molar-refractivity contribution in [3.05, 3.63) is 60.7 Å². The summed E-state index contributed by atoms with van der Waals surface area (Å²) in [5, 5.41) is 11.3. The summed E-state index contributed by atoms with van der Waals surface area (Å²) >= 11 is 0.